The molecule has 5 rings (SSSR count). The number of fused-ring (bicyclic) bond motifs is 1. The van der Waals surface area contributed by atoms with Gasteiger partial charge < -0.3 is 0 Å². The van der Waals surface area contributed by atoms with Crippen molar-refractivity contribution in [3.8, 4) is 0 Å². The van der Waals surface area contributed by atoms with Crippen LogP contribution in [-0.4, -0.2) is 27.5 Å². The normalized spacial score (nSPS) is 19.2. The van der Waals surface area contributed by atoms with Crippen LogP contribution in [0.5, 0.6) is 0 Å². The monoisotopic (exact) mass is 405 g/mol. The summed E-state index contributed by atoms with van der Waals surface area (Å²) < 4.78 is 0. The molecule has 1 atom stereocenters. The van der Waals surface area contributed by atoms with E-state index in [1.165, 1.54) is 22.5 Å². The van der Waals surface area contributed by atoms with Crippen molar-refractivity contribution in [2.75, 3.05) is 5.75 Å². The predicted molar refractivity (Wildman–Crippen MR) is 116 cm³/mol. The minimum atomic E-state index is -0.104. The lowest BCUT2D eigenvalue weighted by molar-refractivity contribution is -0.115. The molecule has 2 aliphatic heterocycles. The molecule has 138 valence electrons. The fourth-order valence-electron chi connectivity index (χ4n) is 3.59. The van der Waals surface area contributed by atoms with Crippen LogP contribution in [0.3, 0.4) is 0 Å². The molecule has 0 fully saturated rings. The third kappa shape index (κ3) is 3.21. The Morgan fingerprint density at radius 1 is 1.00 bits per heavy atom. The Hall–Kier alpha value is -2.63. The van der Waals surface area contributed by atoms with E-state index >= 15 is 0 Å². The second kappa shape index (κ2) is 7.08. The summed E-state index contributed by atoms with van der Waals surface area (Å²) in [5.41, 5.74) is 3.17. The van der Waals surface area contributed by atoms with Gasteiger partial charge in [0.15, 0.2) is 5.17 Å². The number of aliphatic imine (C=N–C) groups is 1. The highest BCUT2D eigenvalue weighted by Gasteiger charge is 2.34. The van der Waals surface area contributed by atoms with Gasteiger partial charge in [-0.1, -0.05) is 71.9 Å². The first-order valence-electron chi connectivity index (χ1n) is 9.03. The van der Waals surface area contributed by atoms with Crippen LogP contribution in [0.4, 0.5) is 0 Å². The van der Waals surface area contributed by atoms with Gasteiger partial charge in [-0.2, -0.15) is 10.1 Å². The summed E-state index contributed by atoms with van der Waals surface area (Å²) in [5.74, 6) is 0.273. The Bertz CT molecular complexity index is 1140. The Balaban J connectivity index is 1.56. The summed E-state index contributed by atoms with van der Waals surface area (Å²) in [5, 5.41) is 10.5. The molecule has 0 aliphatic carbocycles. The second-order valence-electron chi connectivity index (χ2n) is 6.80. The van der Waals surface area contributed by atoms with Gasteiger partial charge in [-0.05, 0) is 40.1 Å². The van der Waals surface area contributed by atoms with E-state index < -0.39 is 0 Å². The molecular formula is C22H16ClN3OS. The molecule has 4 nitrogen and oxygen atoms in total. The SMILES string of the molecule is O=C1CSC(N2N=C(c3ccc(Cl)cc3)CC2c2ccc3ccccc3c2)=N1. The van der Waals surface area contributed by atoms with E-state index in [4.69, 9.17) is 16.7 Å². The van der Waals surface area contributed by atoms with Crippen LogP contribution in [0.25, 0.3) is 10.8 Å². The van der Waals surface area contributed by atoms with Crippen LogP contribution < -0.4 is 0 Å². The largest absolute Gasteiger partial charge is 0.272 e. The summed E-state index contributed by atoms with van der Waals surface area (Å²) in [6.45, 7) is 0. The Morgan fingerprint density at radius 2 is 1.79 bits per heavy atom. The molecular weight excluding hydrogens is 390 g/mol. The summed E-state index contributed by atoms with van der Waals surface area (Å²) in [6, 6.07) is 22.5. The molecule has 0 spiro atoms. The smallest absolute Gasteiger partial charge is 0.258 e. The number of rotatable bonds is 2. The van der Waals surface area contributed by atoms with Crippen LogP contribution in [0, 0.1) is 0 Å². The third-order valence-electron chi connectivity index (χ3n) is 4.99. The molecule has 0 aromatic heterocycles. The molecule has 1 amide bonds. The minimum absolute atomic E-state index is 0.00688. The molecule has 6 heteroatoms. The van der Waals surface area contributed by atoms with Crippen molar-refractivity contribution >= 4 is 50.9 Å². The average molecular weight is 406 g/mol. The predicted octanol–water partition coefficient (Wildman–Crippen LogP) is 5.27. The van der Waals surface area contributed by atoms with E-state index in [9.17, 15) is 4.79 Å². The van der Waals surface area contributed by atoms with Gasteiger partial charge in [0.25, 0.3) is 5.91 Å². The number of hydrogen-bond acceptors (Lipinski definition) is 4. The Morgan fingerprint density at radius 3 is 2.54 bits per heavy atom. The zero-order valence-corrected chi connectivity index (χ0v) is 16.5. The van der Waals surface area contributed by atoms with Crippen LogP contribution in [0.15, 0.2) is 76.8 Å². The number of hydrazone groups is 1. The van der Waals surface area contributed by atoms with Crippen LogP contribution in [-0.2, 0) is 4.79 Å². The highest BCUT2D eigenvalue weighted by atomic mass is 35.5. The van der Waals surface area contributed by atoms with Crippen LogP contribution in [0.2, 0.25) is 5.02 Å². The highest BCUT2D eigenvalue weighted by Crippen LogP contribution is 2.37. The first-order valence-corrected chi connectivity index (χ1v) is 10.4. The molecule has 2 heterocycles. The van der Waals surface area contributed by atoms with Gasteiger partial charge in [0.05, 0.1) is 17.5 Å². The lowest BCUT2D eigenvalue weighted by atomic mass is 9.96. The molecule has 1 unspecified atom stereocenters. The molecule has 0 saturated heterocycles. The molecule has 0 radical (unpaired) electrons. The summed E-state index contributed by atoms with van der Waals surface area (Å²) in [6.07, 6.45) is 0.744. The third-order valence-corrected chi connectivity index (χ3v) is 6.17. The number of carbonyl (C=O) groups excluding carboxylic acids is 1. The van der Waals surface area contributed by atoms with Gasteiger partial charge in [-0.15, -0.1) is 0 Å². The maximum atomic E-state index is 11.7. The molecule has 28 heavy (non-hydrogen) atoms. The van der Waals surface area contributed by atoms with Gasteiger partial charge in [0.2, 0.25) is 0 Å². The molecule has 0 N–H and O–H groups in total. The molecule has 2 aliphatic rings. The first kappa shape index (κ1) is 17.5. The molecule has 0 saturated carbocycles. The zero-order valence-electron chi connectivity index (χ0n) is 14.9. The van der Waals surface area contributed by atoms with Crippen LogP contribution in [0.1, 0.15) is 23.6 Å². The Labute approximate surface area is 171 Å². The minimum Gasteiger partial charge on any atom is -0.272 e. The fourth-order valence-corrected chi connectivity index (χ4v) is 4.50. The number of nitrogens with zero attached hydrogens (tertiary/aromatic N) is 3. The number of carbonyl (C=O) groups is 1. The number of benzene rings is 3. The molecule has 3 aromatic carbocycles. The van der Waals surface area contributed by atoms with Gasteiger partial charge in [-0.25, -0.2) is 5.01 Å². The highest BCUT2D eigenvalue weighted by molar-refractivity contribution is 8.14. The van der Waals surface area contributed by atoms with E-state index in [0.717, 1.165) is 23.3 Å². The zero-order chi connectivity index (χ0) is 19.1. The van der Waals surface area contributed by atoms with Crippen molar-refractivity contribution in [3.63, 3.8) is 0 Å². The number of thioether (sulfide) groups is 1. The fraction of sp³-hybridized carbons (Fsp3) is 0.136. The topological polar surface area (TPSA) is 45.0 Å². The first-order chi connectivity index (χ1) is 13.7. The standard InChI is InChI=1S/C22H16ClN3OS/c23-18-9-7-15(8-10-18)19-12-20(26(25-19)22-24-21(27)13-28-22)17-6-5-14-3-1-2-4-16(14)11-17/h1-11,20H,12-13H2. The van der Waals surface area contributed by atoms with Crippen molar-refractivity contribution < 1.29 is 4.79 Å². The van der Waals surface area contributed by atoms with E-state index in [2.05, 4.69) is 35.3 Å². The van der Waals surface area contributed by atoms with Gasteiger partial charge in [0.1, 0.15) is 0 Å². The van der Waals surface area contributed by atoms with Gasteiger partial charge in [-0.3, -0.25) is 4.79 Å². The van der Waals surface area contributed by atoms with Crippen molar-refractivity contribution in [3.05, 3.63) is 82.9 Å². The van der Waals surface area contributed by atoms with Gasteiger partial charge in [0, 0.05) is 11.4 Å². The van der Waals surface area contributed by atoms with Crippen molar-refractivity contribution in [1.82, 2.24) is 5.01 Å². The quantitative estimate of drug-likeness (QED) is 0.583. The summed E-state index contributed by atoms with van der Waals surface area (Å²) in [7, 11) is 0. The van der Waals surface area contributed by atoms with E-state index in [1.54, 1.807) is 0 Å². The number of amides is 1. The van der Waals surface area contributed by atoms with E-state index in [-0.39, 0.29) is 11.9 Å². The lowest BCUT2D eigenvalue weighted by Crippen LogP contribution is -2.23. The summed E-state index contributed by atoms with van der Waals surface area (Å²) in [4.78, 5) is 15.9. The van der Waals surface area contributed by atoms with Crippen molar-refractivity contribution in [2.24, 2.45) is 10.1 Å². The van der Waals surface area contributed by atoms with E-state index in [0.29, 0.717) is 15.9 Å². The number of halogens is 1. The van der Waals surface area contributed by atoms with Gasteiger partial charge >= 0.3 is 0 Å². The lowest BCUT2D eigenvalue weighted by Gasteiger charge is -2.23. The average Bonchev–Trinajstić information content (AvgIpc) is 3.34. The second-order valence-corrected chi connectivity index (χ2v) is 8.18. The van der Waals surface area contributed by atoms with E-state index in [1.807, 2.05) is 41.4 Å². The maximum absolute atomic E-state index is 11.7. The maximum Gasteiger partial charge on any atom is 0.258 e. The molecule has 0 bridgehead atoms. The Kier molecular flexibility index (Phi) is 4.41. The summed E-state index contributed by atoms with van der Waals surface area (Å²) >= 11 is 7.48. The van der Waals surface area contributed by atoms with Crippen molar-refractivity contribution in [2.45, 2.75) is 12.5 Å². The molecule has 3 aromatic rings. The number of hydrogen-bond donors (Lipinski definition) is 0. The van der Waals surface area contributed by atoms with Crippen LogP contribution >= 0.6 is 23.4 Å². The number of amidine groups is 1. The van der Waals surface area contributed by atoms with Crippen molar-refractivity contribution in [1.29, 1.82) is 0 Å².